The topological polar surface area (TPSA) is 17.3 Å². The summed E-state index contributed by atoms with van der Waals surface area (Å²) in [6.07, 6.45) is 1.87. The first-order chi connectivity index (χ1) is 10.4. The normalized spacial score (nSPS) is 11.8. The minimum absolute atomic E-state index is 1.16. The maximum atomic E-state index is 4.52. The van der Waals surface area contributed by atoms with Gasteiger partial charge in [0.05, 0.1) is 17.2 Å². The molecule has 2 aromatic heterocycles. The van der Waals surface area contributed by atoms with Crippen LogP contribution < -0.4 is 0 Å². The fraction of sp³-hybridized carbons (Fsp3) is 0. The van der Waals surface area contributed by atoms with Gasteiger partial charge in [0.1, 0.15) is 0 Å². The molecular weight excluding hydrogens is 256 g/mol. The Labute approximate surface area is 121 Å². The average molecular weight is 268 g/mol. The highest BCUT2D eigenvalue weighted by Crippen LogP contribution is 2.33. The van der Waals surface area contributed by atoms with Gasteiger partial charge < -0.3 is 0 Å². The monoisotopic (exact) mass is 268 g/mol. The third-order valence-electron chi connectivity index (χ3n) is 4.25. The lowest BCUT2D eigenvalue weighted by atomic mass is 9.99. The van der Waals surface area contributed by atoms with Crippen LogP contribution in [0.15, 0.2) is 72.9 Å². The highest BCUT2D eigenvalue weighted by molar-refractivity contribution is 6.22. The van der Waals surface area contributed by atoms with Crippen molar-refractivity contribution in [1.82, 2.24) is 9.61 Å². The number of aromatic nitrogens is 2. The molecule has 0 N–H and O–H groups in total. The van der Waals surface area contributed by atoms with Gasteiger partial charge in [-0.25, -0.2) is 4.52 Å². The molecule has 0 aliphatic carbocycles. The average Bonchev–Trinajstić information content (AvgIpc) is 3.04. The quantitative estimate of drug-likeness (QED) is 0.369. The van der Waals surface area contributed by atoms with E-state index in [1.165, 1.54) is 26.9 Å². The van der Waals surface area contributed by atoms with Gasteiger partial charge in [0.25, 0.3) is 0 Å². The maximum absolute atomic E-state index is 4.52. The molecular formula is C19H12N2. The predicted octanol–water partition coefficient (Wildman–Crippen LogP) is 4.79. The van der Waals surface area contributed by atoms with Crippen LogP contribution in [-0.4, -0.2) is 9.61 Å². The van der Waals surface area contributed by atoms with E-state index in [0.29, 0.717) is 0 Å². The molecule has 0 spiro atoms. The Kier molecular flexibility index (Phi) is 1.98. The molecule has 98 valence electrons. The molecule has 0 amide bonds. The van der Waals surface area contributed by atoms with Crippen molar-refractivity contribution >= 4 is 38.0 Å². The Balaban J connectivity index is 2.25. The second kappa shape index (κ2) is 3.83. The van der Waals surface area contributed by atoms with Crippen LogP contribution in [-0.2, 0) is 0 Å². The minimum Gasteiger partial charge on any atom is -0.232 e. The van der Waals surface area contributed by atoms with Gasteiger partial charge in [-0.05, 0) is 28.3 Å². The molecule has 0 saturated heterocycles. The zero-order chi connectivity index (χ0) is 13.8. The number of rotatable bonds is 0. The molecule has 0 radical (unpaired) electrons. The molecule has 5 aromatic rings. The van der Waals surface area contributed by atoms with Crippen molar-refractivity contribution < 1.29 is 0 Å². The van der Waals surface area contributed by atoms with Gasteiger partial charge in [-0.1, -0.05) is 54.6 Å². The summed E-state index contributed by atoms with van der Waals surface area (Å²) in [4.78, 5) is 0. The lowest BCUT2D eigenvalue weighted by Gasteiger charge is -2.10. The molecule has 3 aromatic carbocycles. The fourth-order valence-electron chi connectivity index (χ4n) is 3.34. The van der Waals surface area contributed by atoms with Gasteiger partial charge in [0, 0.05) is 10.8 Å². The first kappa shape index (κ1) is 10.9. The molecule has 2 heterocycles. The summed E-state index contributed by atoms with van der Waals surface area (Å²) in [5.41, 5.74) is 2.32. The zero-order valence-electron chi connectivity index (χ0n) is 11.3. The summed E-state index contributed by atoms with van der Waals surface area (Å²) in [6.45, 7) is 0. The zero-order valence-corrected chi connectivity index (χ0v) is 11.3. The highest BCUT2D eigenvalue weighted by atomic mass is 15.2. The summed E-state index contributed by atoms with van der Waals surface area (Å²) in [5, 5.41) is 10.9. The second-order valence-corrected chi connectivity index (χ2v) is 5.35. The van der Waals surface area contributed by atoms with E-state index >= 15 is 0 Å². The number of nitrogens with zero attached hydrogens (tertiary/aromatic N) is 2. The smallest absolute Gasteiger partial charge is 0.0747 e. The Morgan fingerprint density at radius 3 is 2.29 bits per heavy atom. The van der Waals surface area contributed by atoms with Gasteiger partial charge in [0.15, 0.2) is 0 Å². The van der Waals surface area contributed by atoms with Crippen LogP contribution in [0.1, 0.15) is 0 Å². The van der Waals surface area contributed by atoms with Crippen LogP contribution in [0.2, 0.25) is 0 Å². The Hall–Kier alpha value is -2.87. The van der Waals surface area contributed by atoms with E-state index in [2.05, 4.69) is 71.8 Å². The molecule has 0 atom stereocenters. The third kappa shape index (κ3) is 1.34. The number of hydrogen-bond donors (Lipinski definition) is 0. The van der Waals surface area contributed by atoms with E-state index in [-0.39, 0.29) is 0 Å². The van der Waals surface area contributed by atoms with Crippen molar-refractivity contribution in [1.29, 1.82) is 0 Å². The summed E-state index contributed by atoms with van der Waals surface area (Å²) < 4.78 is 2.05. The van der Waals surface area contributed by atoms with Crippen molar-refractivity contribution in [3.8, 4) is 0 Å². The number of fused-ring (bicyclic) bond motifs is 8. The molecule has 0 aliphatic rings. The summed E-state index contributed by atoms with van der Waals surface area (Å²) in [5.74, 6) is 0. The number of benzene rings is 3. The summed E-state index contributed by atoms with van der Waals surface area (Å²) >= 11 is 0. The van der Waals surface area contributed by atoms with Gasteiger partial charge >= 0.3 is 0 Å². The van der Waals surface area contributed by atoms with Crippen LogP contribution in [0.25, 0.3) is 38.0 Å². The molecule has 0 unspecified atom stereocenters. The van der Waals surface area contributed by atoms with E-state index in [1.54, 1.807) is 0 Å². The van der Waals surface area contributed by atoms with E-state index in [4.69, 9.17) is 0 Å². The predicted molar refractivity (Wildman–Crippen MR) is 87.7 cm³/mol. The van der Waals surface area contributed by atoms with Crippen LogP contribution in [0.3, 0.4) is 0 Å². The molecule has 5 rings (SSSR count). The molecule has 0 fully saturated rings. The van der Waals surface area contributed by atoms with Crippen molar-refractivity contribution in [3.05, 3.63) is 72.9 Å². The largest absolute Gasteiger partial charge is 0.232 e. The Morgan fingerprint density at radius 1 is 0.619 bits per heavy atom. The van der Waals surface area contributed by atoms with Crippen molar-refractivity contribution in [3.63, 3.8) is 0 Å². The molecule has 0 aliphatic heterocycles. The van der Waals surface area contributed by atoms with E-state index in [9.17, 15) is 0 Å². The minimum atomic E-state index is 1.16. The van der Waals surface area contributed by atoms with Gasteiger partial charge in [-0.15, -0.1) is 0 Å². The Morgan fingerprint density at radius 2 is 1.38 bits per heavy atom. The second-order valence-electron chi connectivity index (χ2n) is 5.35. The van der Waals surface area contributed by atoms with Crippen LogP contribution in [0, 0.1) is 0 Å². The molecule has 0 bridgehead atoms. The number of hydrogen-bond acceptors (Lipinski definition) is 1. The number of pyridine rings is 1. The summed E-state index contributed by atoms with van der Waals surface area (Å²) in [7, 11) is 0. The van der Waals surface area contributed by atoms with Crippen LogP contribution in [0.5, 0.6) is 0 Å². The van der Waals surface area contributed by atoms with Crippen molar-refractivity contribution in [2.45, 2.75) is 0 Å². The van der Waals surface area contributed by atoms with Crippen molar-refractivity contribution in [2.75, 3.05) is 0 Å². The first-order valence-electron chi connectivity index (χ1n) is 7.09. The highest BCUT2D eigenvalue weighted by Gasteiger charge is 2.10. The fourth-order valence-corrected chi connectivity index (χ4v) is 3.34. The van der Waals surface area contributed by atoms with E-state index < -0.39 is 0 Å². The third-order valence-corrected chi connectivity index (χ3v) is 4.25. The molecule has 2 heteroatoms. The Bertz CT molecular complexity index is 1140. The first-order valence-corrected chi connectivity index (χ1v) is 7.09. The lowest BCUT2D eigenvalue weighted by molar-refractivity contribution is 1.01. The molecule has 2 nitrogen and oxygen atoms in total. The van der Waals surface area contributed by atoms with Crippen LogP contribution >= 0.6 is 0 Å². The van der Waals surface area contributed by atoms with Crippen LogP contribution in [0.4, 0.5) is 0 Å². The van der Waals surface area contributed by atoms with E-state index in [1.807, 2.05) is 10.7 Å². The SMILES string of the molecule is c1ccc2c(c1)ccc1c2c2ccccc2c2ccnn21. The van der Waals surface area contributed by atoms with Gasteiger partial charge in [-0.3, -0.25) is 0 Å². The summed E-state index contributed by atoms with van der Waals surface area (Å²) in [6, 6.07) is 23.5. The lowest BCUT2D eigenvalue weighted by Crippen LogP contribution is -1.93. The van der Waals surface area contributed by atoms with Crippen molar-refractivity contribution in [2.24, 2.45) is 0 Å². The maximum Gasteiger partial charge on any atom is 0.0747 e. The van der Waals surface area contributed by atoms with Gasteiger partial charge in [0.2, 0.25) is 0 Å². The molecule has 0 saturated carbocycles. The van der Waals surface area contributed by atoms with E-state index in [0.717, 1.165) is 11.0 Å². The molecule has 21 heavy (non-hydrogen) atoms. The van der Waals surface area contributed by atoms with Gasteiger partial charge in [-0.2, -0.15) is 5.10 Å². The standard InChI is InChI=1S/C19H12N2/c1-2-6-14-13(5-1)9-10-18-19(14)16-8-4-3-7-15(16)17-11-12-20-21(17)18/h1-12H.